The lowest BCUT2D eigenvalue weighted by Crippen LogP contribution is -2.40. The van der Waals surface area contributed by atoms with Gasteiger partial charge >= 0.3 is 6.09 Å². The number of ether oxygens (including phenoxy) is 2. The van der Waals surface area contributed by atoms with Crippen molar-refractivity contribution >= 4 is 17.1 Å². The second kappa shape index (κ2) is 11.7. The molecule has 33 heavy (non-hydrogen) atoms. The first kappa shape index (κ1) is 23.1. The molecule has 1 fully saturated rings. The maximum absolute atomic E-state index is 12.3. The SMILES string of the molecule is CCCCOC(=O)N1CCCC(CCCn2c(COc3ccccc3)nc3ccccc32)C1. The lowest BCUT2D eigenvalue weighted by atomic mass is 9.93. The van der Waals surface area contributed by atoms with Crippen LogP contribution >= 0.6 is 0 Å². The number of hydrogen-bond acceptors (Lipinski definition) is 4. The molecule has 3 aromatic rings. The van der Waals surface area contributed by atoms with E-state index < -0.39 is 0 Å². The summed E-state index contributed by atoms with van der Waals surface area (Å²) in [7, 11) is 0. The van der Waals surface area contributed by atoms with Crippen molar-refractivity contribution < 1.29 is 14.3 Å². The Bertz CT molecular complexity index is 1020. The van der Waals surface area contributed by atoms with Crippen LogP contribution in [0.3, 0.4) is 0 Å². The van der Waals surface area contributed by atoms with Gasteiger partial charge in [0.15, 0.2) is 0 Å². The average molecular weight is 450 g/mol. The number of hydrogen-bond donors (Lipinski definition) is 0. The van der Waals surface area contributed by atoms with Crippen LogP contribution in [0, 0.1) is 5.92 Å². The molecule has 1 aromatic heterocycles. The summed E-state index contributed by atoms with van der Waals surface area (Å²) in [5.41, 5.74) is 2.15. The molecule has 1 atom stereocenters. The van der Waals surface area contributed by atoms with Crippen molar-refractivity contribution in [1.29, 1.82) is 0 Å². The van der Waals surface area contributed by atoms with Crippen LogP contribution in [0.4, 0.5) is 4.79 Å². The molecule has 6 heteroatoms. The van der Waals surface area contributed by atoms with Crippen molar-refractivity contribution in [3.05, 3.63) is 60.4 Å². The van der Waals surface area contributed by atoms with Gasteiger partial charge in [0.05, 0.1) is 17.6 Å². The van der Waals surface area contributed by atoms with E-state index in [-0.39, 0.29) is 6.09 Å². The number of para-hydroxylation sites is 3. The zero-order valence-corrected chi connectivity index (χ0v) is 19.6. The summed E-state index contributed by atoms with van der Waals surface area (Å²) in [5.74, 6) is 2.32. The summed E-state index contributed by atoms with van der Waals surface area (Å²) in [6.45, 7) is 5.59. The van der Waals surface area contributed by atoms with E-state index in [1.54, 1.807) is 0 Å². The first-order valence-electron chi connectivity index (χ1n) is 12.3. The van der Waals surface area contributed by atoms with Crippen LogP contribution in [0.15, 0.2) is 54.6 Å². The molecule has 0 spiro atoms. The summed E-state index contributed by atoms with van der Waals surface area (Å²) < 4.78 is 13.7. The van der Waals surface area contributed by atoms with Crippen LogP contribution in [0.5, 0.6) is 5.75 Å². The minimum atomic E-state index is -0.144. The van der Waals surface area contributed by atoms with E-state index in [1.807, 2.05) is 41.3 Å². The predicted molar refractivity (Wildman–Crippen MR) is 130 cm³/mol. The molecule has 0 bridgehead atoms. The first-order chi connectivity index (χ1) is 16.2. The number of likely N-dealkylation sites (tertiary alicyclic amines) is 1. The molecule has 0 saturated carbocycles. The van der Waals surface area contributed by atoms with E-state index in [9.17, 15) is 4.79 Å². The van der Waals surface area contributed by atoms with Crippen molar-refractivity contribution in [2.45, 2.75) is 58.6 Å². The van der Waals surface area contributed by atoms with Gasteiger partial charge in [-0.25, -0.2) is 9.78 Å². The van der Waals surface area contributed by atoms with Gasteiger partial charge in [0.25, 0.3) is 0 Å². The van der Waals surface area contributed by atoms with Crippen molar-refractivity contribution in [3.63, 3.8) is 0 Å². The standard InChI is InChI=1S/C27H35N3O3/c1-2-3-19-32-27(31)29-17-9-11-22(20-29)12-10-18-30-25-16-8-7-15-24(25)28-26(30)21-33-23-13-5-4-6-14-23/h4-8,13-16,22H,2-3,9-12,17-21H2,1H3. The lowest BCUT2D eigenvalue weighted by molar-refractivity contribution is 0.0818. The number of unbranched alkanes of at least 4 members (excludes halogenated alkanes) is 1. The normalized spacial score (nSPS) is 16.2. The maximum atomic E-state index is 12.3. The molecule has 1 unspecified atom stereocenters. The van der Waals surface area contributed by atoms with Crippen LogP contribution in [-0.4, -0.2) is 40.2 Å². The maximum Gasteiger partial charge on any atom is 0.409 e. The summed E-state index contributed by atoms with van der Waals surface area (Å²) in [5, 5.41) is 0. The summed E-state index contributed by atoms with van der Waals surface area (Å²) in [6, 6.07) is 18.1. The zero-order chi connectivity index (χ0) is 22.9. The molecule has 0 aliphatic carbocycles. The molecule has 176 valence electrons. The third kappa shape index (κ3) is 6.28. The molecular formula is C27H35N3O3. The lowest BCUT2D eigenvalue weighted by Gasteiger charge is -2.32. The Kier molecular flexibility index (Phi) is 8.23. The molecule has 2 aromatic carbocycles. The van der Waals surface area contributed by atoms with Gasteiger partial charge in [-0.05, 0) is 62.3 Å². The van der Waals surface area contributed by atoms with Gasteiger partial charge in [0.2, 0.25) is 0 Å². The van der Waals surface area contributed by atoms with Crippen LogP contribution < -0.4 is 4.74 Å². The van der Waals surface area contributed by atoms with Crippen LogP contribution in [0.25, 0.3) is 11.0 Å². The number of nitrogens with zero attached hydrogens (tertiary/aromatic N) is 3. The second-order valence-electron chi connectivity index (χ2n) is 8.83. The second-order valence-corrected chi connectivity index (χ2v) is 8.83. The molecule has 0 radical (unpaired) electrons. The number of piperidine rings is 1. The molecule has 1 aliphatic rings. The monoisotopic (exact) mass is 449 g/mol. The van der Waals surface area contributed by atoms with Crippen molar-refractivity contribution in [2.24, 2.45) is 5.92 Å². The number of amides is 1. The van der Waals surface area contributed by atoms with E-state index >= 15 is 0 Å². The van der Waals surface area contributed by atoms with E-state index in [2.05, 4.69) is 29.7 Å². The Morgan fingerprint density at radius 3 is 2.76 bits per heavy atom. The van der Waals surface area contributed by atoms with Gasteiger partial charge in [0, 0.05) is 19.6 Å². The van der Waals surface area contributed by atoms with Crippen molar-refractivity contribution in [3.8, 4) is 5.75 Å². The number of imidazole rings is 1. The Morgan fingerprint density at radius 1 is 1.09 bits per heavy atom. The molecule has 1 amide bonds. The minimum Gasteiger partial charge on any atom is -0.486 e. The Labute approximate surface area is 196 Å². The highest BCUT2D eigenvalue weighted by Gasteiger charge is 2.24. The Balaban J connectivity index is 1.34. The van der Waals surface area contributed by atoms with Crippen molar-refractivity contribution in [1.82, 2.24) is 14.5 Å². The van der Waals surface area contributed by atoms with Gasteiger partial charge in [-0.1, -0.05) is 43.7 Å². The molecule has 6 nitrogen and oxygen atoms in total. The Morgan fingerprint density at radius 2 is 1.91 bits per heavy atom. The fraction of sp³-hybridized carbons (Fsp3) is 0.481. The van der Waals surface area contributed by atoms with Gasteiger partial charge in [-0.15, -0.1) is 0 Å². The fourth-order valence-electron chi connectivity index (χ4n) is 4.55. The zero-order valence-electron chi connectivity index (χ0n) is 19.6. The van der Waals surface area contributed by atoms with Crippen molar-refractivity contribution in [2.75, 3.05) is 19.7 Å². The molecule has 0 N–H and O–H groups in total. The molecular weight excluding hydrogens is 414 g/mol. The highest BCUT2D eigenvalue weighted by atomic mass is 16.6. The highest BCUT2D eigenvalue weighted by Crippen LogP contribution is 2.24. The predicted octanol–water partition coefficient (Wildman–Crippen LogP) is 6.04. The minimum absolute atomic E-state index is 0.144. The van der Waals surface area contributed by atoms with Crippen LogP contribution in [0.1, 0.15) is 51.3 Å². The number of aryl methyl sites for hydroxylation is 1. The van der Waals surface area contributed by atoms with E-state index in [0.717, 1.165) is 74.3 Å². The highest BCUT2D eigenvalue weighted by molar-refractivity contribution is 5.75. The number of benzene rings is 2. The molecule has 2 heterocycles. The third-order valence-corrected chi connectivity index (χ3v) is 6.34. The quantitative estimate of drug-likeness (QED) is 0.354. The molecule has 4 rings (SSSR count). The van der Waals surface area contributed by atoms with Gasteiger partial charge in [-0.2, -0.15) is 0 Å². The smallest absolute Gasteiger partial charge is 0.409 e. The first-order valence-corrected chi connectivity index (χ1v) is 12.3. The van der Waals surface area contributed by atoms with E-state index in [0.29, 0.717) is 19.1 Å². The Hall–Kier alpha value is -3.02. The summed E-state index contributed by atoms with van der Waals surface area (Å²) >= 11 is 0. The summed E-state index contributed by atoms with van der Waals surface area (Å²) in [6.07, 6.45) is 6.18. The molecule has 1 saturated heterocycles. The fourth-order valence-corrected chi connectivity index (χ4v) is 4.55. The van der Waals surface area contributed by atoms with Gasteiger partial charge in [-0.3, -0.25) is 0 Å². The van der Waals surface area contributed by atoms with Gasteiger partial charge in [0.1, 0.15) is 18.2 Å². The largest absolute Gasteiger partial charge is 0.486 e. The van der Waals surface area contributed by atoms with Crippen LogP contribution in [-0.2, 0) is 17.9 Å². The topological polar surface area (TPSA) is 56.6 Å². The number of aromatic nitrogens is 2. The number of carbonyl (C=O) groups is 1. The number of fused-ring (bicyclic) bond motifs is 1. The number of carbonyl (C=O) groups excluding carboxylic acids is 1. The average Bonchev–Trinajstić information content (AvgIpc) is 3.21. The van der Waals surface area contributed by atoms with E-state index in [1.165, 1.54) is 6.42 Å². The number of rotatable bonds is 10. The van der Waals surface area contributed by atoms with Crippen LogP contribution in [0.2, 0.25) is 0 Å². The van der Waals surface area contributed by atoms with E-state index in [4.69, 9.17) is 14.5 Å². The van der Waals surface area contributed by atoms with Gasteiger partial charge < -0.3 is 18.9 Å². The molecule has 1 aliphatic heterocycles. The third-order valence-electron chi connectivity index (χ3n) is 6.34. The summed E-state index contributed by atoms with van der Waals surface area (Å²) in [4.78, 5) is 19.1.